The summed E-state index contributed by atoms with van der Waals surface area (Å²) in [6.45, 7) is 2.21. The van der Waals surface area contributed by atoms with E-state index in [4.69, 9.17) is 0 Å². The molecule has 0 fully saturated rings. The molecule has 2 N–H and O–H groups in total. The Hall–Kier alpha value is -2.25. The summed E-state index contributed by atoms with van der Waals surface area (Å²) in [4.78, 5) is 22.2. The summed E-state index contributed by atoms with van der Waals surface area (Å²) in [5.41, 5.74) is 1.64. The highest BCUT2D eigenvalue weighted by Gasteiger charge is 2.11. The predicted molar refractivity (Wildman–Crippen MR) is 96.9 cm³/mol. The Kier molecular flexibility index (Phi) is 6.45. The van der Waals surface area contributed by atoms with Gasteiger partial charge in [-0.3, -0.25) is 14.9 Å². The zero-order valence-electron chi connectivity index (χ0n) is 13.2. The van der Waals surface area contributed by atoms with Crippen LogP contribution in [0.2, 0.25) is 0 Å². The van der Waals surface area contributed by atoms with Gasteiger partial charge in [0, 0.05) is 28.3 Å². The number of nitro groups is 1. The minimum atomic E-state index is -0.475. The number of nitrogens with one attached hydrogen (secondary N) is 2. The fraction of sp³-hybridized carbons (Fsp3) is 0.235. The van der Waals surface area contributed by atoms with E-state index in [0.29, 0.717) is 5.69 Å². The fourth-order valence-electron chi connectivity index (χ4n) is 2.28. The van der Waals surface area contributed by atoms with Crippen molar-refractivity contribution < 1.29 is 9.72 Å². The summed E-state index contributed by atoms with van der Waals surface area (Å²) in [7, 11) is 0. The summed E-state index contributed by atoms with van der Waals surface area (Å²) in [6.07, 6.45) is 0.854. The Bertz CT molecular complexity index is 702. The van der Waals surface area contributed by atoms with E-state index in [2.05, 4.69) is 26.6 Å². The van der Waals surface area contributed by atoms with Gasteiger partial charge in [-0.05, 0) is 36.2 Å². The van der Waals surface area contributed by atoms with Crippen molar-refractivity contribution in [3.05, 3.63) is 68.7 Å². The van der Waals surface area contributed by atoms with Crippen LogP contribution in [0.1, 0.15) is 24.9 Å². The van der Waals surface area contributed by atoms with Crippen LogP contribution in [0.15, 0.2) is 53.0 Å². The largest absolute Gasteiger partial charge is 0.325 e. The number of nitrogens with zero attached hydrogens (tertiary/aromatic N) is 1. The molecule has 0 saturated carbocycles. The van der Waals surface area contributed by atoms with Gasteiger partial charge in [0.1, 0.15) is 0 Å². The smallest absolute Gasteiger partial charge is 0.269 e. The summed E-state index contributed by atoms with van der Waals surface area (Å²) in [5, 5.41) is 16.5. The van der Waals surface area contributed by atoms with E-state index in [9.17, 15) is 14.9 Å². The summed E-state index contributed by atoms with van der Waals surface area (Å²) in [6, 6.07) is 13.8. The van der Waals surface area contributed by atoms with Gasteiger partial charge in [0.05, 0.1) is 11.5 Å². The molecule has 24 heavy (non-hydrogen) atoms. The standard InChI is InChI=1S/C17H18BrN3O3/c1-2-16(12-3-5-13(18)6-4-12)19-11-17(22)20-14-7-9-15(10-8-14)21(23)24/h3-10,16,19H,2,11H2,1H3,(H,20,22)/t16-/m1/s1. The number of hydrogen-bond donors (Lipinski definition) is 2. The predicted octanol–water partition coefficient (Wildman–Crippen LogP) is 4.04. The maximum Gasteiger partial charge on any atom is 0.269 e. The van der Waals surface area contributed by atoms with Crippen molar-refractivity contribution in [2.75, 3.05) is 11.9 Å². The van der Waals surface area contributed by atoms with E-state index >= 15 is 0 Å². The lowest BCUT2D eigenvalue weighted by Crippen LogP contribution is -2.31. The molecule has 0 saturated heterocycles. The monoisotopic (exact) mass is 391 g/mol. The second-order valence-electron chi connectivity index (χ2n) is 5.25. The molecule has 0 radical (unpaired) electrons. The van der Waals surface area contributed by atoms with Crippen LogP contribution in [0.5, 0.6) is 0 Å². The SMILES string of the molecule is CC[C@@H](NCC(=O)Nc1ccc([N+](=O)[O-])cc1)c1ccc(Br)cc1. The van der Waals surface area contributed by atoms with Crippen LogP contribution in [-0.4, -0.2) is 17.4 Å². The summed E-state index contributed by atoms with van der Waals surface area (Å²) >= 11 is 3.40. The van der Waals surface area contributed by atoms with Gasteiger partial charge in [0.25, 0.3) is 5.69 Å². The van der Waals surface area contributed by atoms with Gasteiger partial charge >= 0.3 is 0 Å². The number of non-ortho nitro benzene ring substituents is 1. The molecule has 0 bridgehead atoms. The van der Waals surface area contributed by atoms with Crippen LogP contribution in [0.25, 0.3) is 0 Å². The third kappa shape index (κ3) is 5.14. The molecule has 0 spiro atoms. The zero-order chi connectivity index (χ0) is 17.5. The average molecular weight is 392 g/mol. The van der Waals surface area contributed by atoms with E-state index in [0.717, 1.165) is 16.5 Å². The number of benzene rings is 2. The quantitative estimate of drug-likeness (QED) is 0.550. The van der Waals surface area contributed by atoms with E-state index in [1.807, 2.05) is 31.2 Å². The lowest BCUT2D eigenvalue weighted by molar-refractivity contribution is -0.384. The van der Waals surface area contributed by atoms with Gasteiger partial charge in [-0.25, -0.2) is 0 Å². The van der Waals surface area contributed by atoms with Crippen molar-refractivity contribution in [2.45, 2.75) is 19.4 Å². The number of halogens is 1. The van der Waals surface area contributed by atoms with Crippen LogP contribution in [0, 0.1) is 10.1 Å². The molecule has 2 aromatic carbocycles. The number of carbonyl (C=O) groups excluding carboxylic acids is 1. The van der Waals surface area contributed by atoms with Crippen LogP contribution in [0.3, 0.4) is 0 Å². The molecule has 0 aliphatic heterocycles. The summed E-state index contributed by atoms with van der Waals surface area (Å²) < 4.78 is 1.01. The first kappa shape index (κ1) is 18.1. The van der Waals surface area contributed by atoms with E-state index in [1.54, 1.807) is 0 Å². The van der Waals surface area contributed by atoms with Crippen LogP contribution in [-0.2, 0) is 4.79 Å². The molecule has 0 heterocycles. The molecule has 0 aromatic heterocycles. The Morgan fingerprint density at radius 3 is 2.33 bits per heavy atom. The van der Waals surface area contributed by atoms with E-state index < -0.39 is 4.92 Å². The van der Waals surface area contributed by atoms with Crippen LogP contribution in [0.4, 0.5) is 11.4 Å². The maximum atomic E-state index is 12.0. The van der Waals surface area contributed by atoms with Gasteiger partial charge in [0.2, 0.25) is 5.91 Å². The molecule has 1 amide bonds. The highest BCUT2D eigenvalue weighted by atomic mass is 79.9. The molecule has 1 atom stereocenters. The molecule has 2 aromatic rings. The Morgan fingerprint density at radius 1 is 1.17 bits per heavy atom. The van der Waals surface area contributed by atoms with Gasteiger partial charge in [-0.1, -0.05) is 35.0 Å². The highest BCUT2D eigenvalue weighted by molar-refractivity contribution is 9.10. The number of rotatable bonds is 7. The molecular formula is C17H18BrN3O3. The molecule has 0 unspecified atom stereocenters. The first-order chi connectivity index (χ1) is 11.5. The van der Waals surface area contributed by atoms with Gasteiger partial charge in [-0.2, -0.15) is 0 Å². The Balaban J connectivity index is 1.89. The minimum Gasteiger partial charge on any atom is -0.325 e. The van der Waals surface area contributed by atoms with Crippen LogP contribution < -0.4 is 10.6 Å². The van der Waals surface area contributed by atoms with Crippen molar-refractivity contribution >= 4 is 33.2 Å². The third-order valence-corrected chi connectivity index (χ3v) is 4.08. The number of nitro benzene ring substituents is 1. The van der Waals surface area contributed by atoms with Crippen molar-refractivity contribution in [3.8, 4) is 0 Å². The van der Waals surface area contributed by atoms with Crippen molar-refractivity contribution in [3.63, 3.8) is 0 Å². The fourth-order valence-corrected chi connectivity index (χ4v) is 2.54. The number of hydrogen-bond acceptors (Lipinski definition) is 4. The van der Waals surface area contributed by atoms with Gasteiger partial charge in [0.15, 0.2) is 0 Å². The molecule has 0 aliphatic carbocycles. The van der Waals surface area contributed by atoms with E-state index in [-0.39, 0.29) is 24.2 Å². The molecular weight excluding hydrogens is 374 g/mol. The van der Waals surface area contributed by atoms with E-state index in [1.165, 1.54) is 24.3 Å². The third-order valence-electron chi connectivity index (χ3n) is 3.55. The zero-order valence-corrected chi connectivity index (χ0v) is 14.7. The first-order valence-electron chi connectivity index (χ1n) is 7.52. The molecule has 0 aliphatic rings. The van der Waals surface area contributed by atoms with Crippen molar-refractivity contribution in [1.29, 1.82) is 0 Å². The highest BCUT2D eigenvalue weighted by Crippen LogP contribution is 2.19. The summed E-state index contributed by atoms with van der Waals surface area (Å²) in [5.74, 6) is -0.195. The lowest BCUT2D eigenvalue weighted by atomic mass is 10.0. The second-order valence-corrected chi connectivity index (χ2v) is 6.16. The number of amides is 1. The lowest BCUT2D eigenvalue weighted by Gasteiger charge is -2.17. The molecule has 6 nitrogen and oxygen atoms in total. The number of carbonyl (C=O) groups is 1. The maximum absolute atomic E-state index is 12.0. The van der Waals surface area contributed by atoms with Crippen molar-refractivity contribution in [1.82, 2.24) is 5.32 Å². The Morgan fingerprint density at radius 2 is 1.79 bits per heavy atom. The molecule has 2 rings (SSSR count). The Labute approximate surface area is 148 Å². The molecule has 7 heteroatoms. The first-order valence-corrected chi connectivity index (χ1v) is 8.32. The normalized spacial score (nSPS) is 11.8. The second kappa shape index (κ2) is 8.56. The van der Waals surface area contributed by atoms with Gasteiger partial charge in [-0.15, -0.1) is 0 Å². The minimum absolute atomic E-state index is 0.00703. The average Bonchev–Trinajstić information content (AvgIpc) is 2.57. The van der Waals surface area contributed by atoms with Gasteiger partial charge < -0.3 is 10.6 Å². The molecule has 126 valence electrons. The van der Waals surface area contributed by atoms with Crippen LogP contribution >= 0.6 is 15.9 Å². The number of anilines is 1. The topological polar surface area (TPSA) is 84.3 Å². The van der Waals surface area contributed by atoms with Crippen molar-refractivity contribution in [2.24, 2.45) is 0 Å².